The van der Waals surface area contributed by atoms with E-state index in [1.165, 1.54) is 0 Å². The number of likely N-dealkylation sites (tertiary alicyclic amines) is 1. The van der Waals surface area contributed by atoms with Crippen molar-refractivity contribution in [2.24, 2.45) is 5.92 Å². The van der Waals surface area contributed by atoms with Crippen LogP contribution >= 0.6 is 0 Å². The van der Waals surface area contributed by atoms with Crippen molar-refractivity contribution >= 4 is 17.7 Å². The molecular weight excluding hydrogens is 342 g/mol. The first-order valence-corrected chi connectivity index (χ1v) is 9.68. The Kier molecular flexibility index (Phi) is 7.39. The minimum absolute atomic E-state index is 0.0433. The first-order valence-electron chi connectivity index (χ1n) is 9.68. The largest absolute Gasteiger partial charge is 0.352 e. The molecule has 0 aliphatic carbocycles. The van der Waals surface area contributed by atoms with Gasteiger partial charge in [0.1, 0.15) is 0 Å². The SMILES string of the molecule is Cc1cc(C)cc(C(=O)NCC(=O)NC2CCN(C(=O)CC(C)C)CC2)c1. The standard InChI is InChI=1S/C21H31N3O3/c1-14(2)9-20(26)24-7-5-18(6-8-24)23-19(25)13-22-21(27)17-11-15(3)10-16(4)12-17/h10-12,14,18H,5-9,13H2,1-4H3,(H,22,27)(H,23,25). The number of benzene rings is 1. The molecule has 148 valence electrons. The van der Waals surface area contributed by atoms with Gasteiger partial charge in [0.2, 0.25) is 11.8 Å². The quantitative estimate of drug-likeness (QED) is 0.802. The van der Waals surface area contributed by atoms with Crippen LogP contribution in [-0.2, 0) is 9.59 Å². The van der Waals surface area contributed by atoms with Crippen LogP contribution in [0.25, 0.3) is 0 Å². The summed E-state index contributed by atoms with van der Waals surface area (Å²) in [6.45, 7) is 9.26. The second-order valence-corrected chi connectivity index (χ2v) is 7.88. The summed E-state index contributed by atoms with van der Waals surface area (Å²) >= 11 is 0. The van der Waals surface area contributed by atoms with Gasteiger partial charge in [0.15, 0.2) is 0 Å². The van der Waals surface area contributed by atoms with Gasteiger partial charge in [-0.25, -0.2) is 0 Å². The molecule has 2 rings (SSSR count). The summed E-state index contributed by atoms with van der Waals surface area (Å²) in [6, 6.07) is 5.68. The monoisotopic (exact) mass is 373 g/mol. The lowest BCUT2D eigenvalue weighted by Gasteiger charge is -2.32. The average molecular weight is 373 g/mol. The zero-order valence-corrected chi connectivity index (χ0v) is 16.8. The van der Waals surface area contributed by atoms with Gasteiger partial charge in [-0.1, -0.05) is 31.0 Å². The van der Waals surface area contributed by atoms with Gasteiger partial charge >= 0.3 is 0 Å². The number of piperidine rings is 1. The molecule has 1 fully saturated rings. The molecule has 1 aliphatic rings. The highest BCUT2D eigenvalue weighted by Gasteiger charge is 2.24. The summed E-state index contributed by atoms with van der Waals surface area (Å²) in [6.07, 6.45) is 2.07. The number of hydrogen-bond donors (Lipinski definition) is 2. The molecule has 0 spiro atoms. The van der Waals surface area contributed by atoms with Crippen molar-refractivity contribution in [2.75, 3.05) is 19.6 Å². The molecule has 1 aliphatic heterocycles. The van der Waals surface area contributed by atoms with Crippen molar-refractivity contribution in [3.8, 4) is 0 Å². The molecule has 0 radical (unpaired) electrons. The van der Waals surface area contributed by atoms with E-state index in [0.717, 1.165) is 24.0 Å². The van der Waals surface area contributed by atoms with Gasteiger partial charge in [-0.05, 0) is 44.7 Å². The van der Waals surface area contributed by atoms with Gasteiger partial charge in [0.05, 0.1) is 6.54 Å². The third-order valence-electron chi connectivity index (χ3n) is 4.69. The van der Waals surface area contributed by atoms with E-state index in [1.54, 1.807) is 0 Å². The number of carbonyl (C=O) groups excluding carboxylic acids is 3. The lowest BCUT2D eigenvalue weighted by molar-refractivity contribution is -0.133. The van der Waals surface area contributed by atoms with Crippen LogP contribution in [0.5, 0.6) is 0 Å². The average Bonchev–Trinajstić information content (AvgIpc) is 2.58. The second kappa shape index (κ2) is 9.53. The highest BCUT2D eigenvalue weighted by atomic mass is 16.2. The molecule has 6 nitrogen and oxygen atoms in total. The number of nitrogens with one attached hydrogen (secondary N) is 2. The number of aryl methyl sites for hydroxylation is 2. The number of amides is 3. The van der Waals surface area contributed by atoms with Gasteiger partial charge in [-0.3, -0.25) is 14.4 Å². The topological polar surface area (TPSA) is 78.5 Å². The third kappa shape index (κ3) is 6.70. The molecule has 3 amide bonds. The third-order valence-corrected chi connectivity index (χ3v) is 4.69. The molecule has 0 unspecified atom stereocenters. The van der Waals surface area contributed by atoms with Crippen LogP contribution in [0.1, 0.15) is 54.6 Å². The van der Waals surface area contributed by atoms with Crippen molar-refractivity contribution in [3.63, 3.8) is 0 Å². The summed E-state index contributed by atoms with van der Waals surface area (Å²) in [5.41, 5.74) is 2.60. The Hall–Kier alpha value is -2.37. The van der Waals surface area contributed by atoms with Gasteiger partial charge in [0.25, 0.3) is 5.91 Å². The Balaban J connectivity index is 1.73. The van der Waals surface area contributed by atoms with Crippen molar-refractivity contribution in [3.05, 3.63) is 34.9 Å². The van der Waals surface area contributed by atoms with Gasteiger partial charge in [-0.15, -0.1) is 0 Å². The maximum atomic E-state index is 12.2. The van der Waals surface area contributed by atoms with Crippen LogP contribution < -0.4 is 10.6 Å². The van der Waals surface area contributed by atoms with E-state index in [-0.39, 0.29) is 30.3 Å². The lowest BCUT2D eigenvalue weighted by atomic mass is 10.0. The normalized spacial score (nSPS) is 14.9. The van der Waals surface area contributed by atoms with E-state index >= 15 is 0 Å². The summed E-state index contributed by atoms with van der Waals surface area (Å²) in [7, 11) is 0. The molecule has 0 atom stereocenters. The highest BCUT2D eigenvalue weighted by molar-refractivity contribution is 5.96. The maximum absolute atomic E-state index is 12.2. The number of nitrogens with zero attached hydrogens (tertiary/aromatic N) is 1. The Morgan fingerprint density at radius 3 is 2.22 bits per heavy atom. The Morgan fingerprint density at radius 2 is 1.67 bits per heavy atom. The molecule has 0 bridgehead atoms. The molecule has 1 saturated heterocycles. The Morgan fingerprint density at radius 1 is 1.07 bits per heavy atom. The van der Waals surface area contributed by atoms with Gasteiger partial charge in [0, 0.05) is 31.1 Å². The number of rotatable bonds is 6. The molecule has 2 N–H and O–H groups in total. The number of carbonyl (C=O) groups is 3. The van der Waals surface area contributed by atoms with Gasteiger partial charge < -0.3 is 15.5 Å². The lowest BCUT2D eigenvalue weighted by Crippen LogP contribution is -2.48. The second-order valence-electron chi connectivity index (χ2n) is 7.88. The predicted octanol–water partition coefficient (Wildman–Crippen LogP) is 2.19. The summed E-state index contributed by atoms with van der Waals surface area (Å²) in [4.78, 5) is 38.3. The van der Waals surface area contributed by atoms with Crippen LogP contribution in [0.15, 0.2) is 18.2 Å². The van der Waals surface area contributed by atoms with Crippen molar-refractivity contribution < 1.29 is 14.4 Å². The van der Waals surface area contributed by atoms with Crippen LogP contribution in [0, 0.1) is 19.8 Å². The molecule has 0 saturated carbocycles. The Bertz CT molecular complexity index is 672. The van der Waals surface area contributed by atoms with Crippen molar-refractivity contribution in [1.82, 2.24) is 15.5 Å². The maximum Gasteiger partial charge on any atom is 0.251 e. The fourth-order valence-corrected chi connectivity index (χ4v) is 3.40. The van der Waals surface area contributed by atoms with E-state index in [0.29, 0.717) is 31.0 Å². The molecule has 1 aromatic carbocycles. The molecule has 0 aromatic heterocycles. The molecule has 1 aromatic rings. The first kappa shape index (κ1) is 20.9. The van der Waals surface area contributed by atoms with Crippen molar-refractivity contribution in [1.29, 1.82) is 0 Å². The minimum Gasteiger partial charge on any atom is -0.352 e. The molecule has 6 heteroatoms. The van der Waals surface area contributed by atoms with Crippen LogP contribution in [0.4, 0.5) is 0 Å². The van der Waals surface area contributed by atoms with Crippen LogP contribution in [-0.4, -0.2) is 48.3 Å². The minimum atomic E-state index is -0.244. The summed E-state index contributed by atoms with van der Waals surface area (Å²) < 4.78 is 0. The van der Waals surface area contributed by atoms with Crippen LogP contribution in [0.2, 0.25) is 0 Å². The zero-order valence-electron chi connectivity index (χ0n) is 16.8. The van der Waals surface area contributed by atoms with E-state index < -0.39 is 0 Å². The van der Waals surface area contributed by atoms with Crippen molar-refractivity contribution in [2.45, 2.75) is 53.0 Å². The molecular formula is C21H31N3O3. The van der Waals surface area contributed by atoms with E-state index in [1.807, 2.05) is 50.8 Å². The number of hydrogen-bond acceptors (Lipinski definition) is 3. The zero-order chi connectivity index (χ0) is 20.0. The van der Waals surface area contributed by atoms with E-state index in [9.17, 15) is 14.4 Å². The van der Waals surface area contributed by atoms with E-state index in [4.69, 9.17) is 0 Å². The Labute approximate surface area is 161 Å². The molecule has 1 heterocycles. The summed E-state index contributed by atoms with van der Waals surface area (Å²) in [5.74, 6) is 0.108. The van der Waals surface area contributed by atoms with E-state index in [2.05, 4.69) is 10.6 Å². The first-order chi connectivity index (χ1) is 12.7. The highest BCUT2D eigenvalue weighted by Crippen LogP contribution is 2.13. The molecule has 27 heavy (non-hydrogen) atoms. The summed E-state index contributed by atoms with van der Waals surface area (Å²) in [5, 5.41) is 5.63. The fourth-order valence-electron chi connectivity index (χ4n) is 3.40. The predicted molar refractivity (Wildman–Crippen MR) is 105 cm³/mol. The van der Waals surface area contributed by atoms with Crippen LogP contribution in [0.3, 0.4) is 0 Å². The fraction of sp³-hybridized carbons (Fsp3) is 0.571. The smallest absolute Gasteiger partial charge is 0.251 e. The van der Waals surface area contributed by atoms with Gasteiger partial charge in [-0.2, -0.15) is 0 Å².